The quantitative estimate of drug-likeness (QED) is 0.672. The lowest BCUT2D eigenvalue weighted by molar-refractivity contribution is -0.384. The molecular formula is C13H15F3N2O2. The van der Waals surface area contributed by atoms with Crippen LogP contribution in [0, 0.1) is 16.0 Å². The summed E-state index contributed by atoms with van der Waals surface area (Å²) in [6.07, 6.45) is -2.27. The number of hydrogen-bond acceptors (Lipinski definition) is 3. The third kappa shape index (κ3) is 3.40. The number of nitro benzene ring substituents is 1. The number of anilines is 1. The highest BCUT2D eigenvalue weighted by atomic mass is 19.4. The molecule has 0 saturated heterocycles. The minimum absolute atomic E-state index is 0.0773. The summed E-state index contributed by atoms with van der Waals surface area (Å²) in [6.45, 7) is 0. The van der Waals surface area contributed by atoms with Gasteiger partial charge in [0.25, 0.3) is 5.69 Å². The molecule has 1 N–H and O–H groups in total. The number of rotatable bonds is 3. The summed E-state index contributed by atoms with van der Waals surface area (Å²) >= 11 is 0. The summed E-state index contributed by atoms with van der Waals surface area (Å²) < 4.78 is 38.8. The Bertz CT molecular complexity index is 473. The first-order valence-corrected chi connectivity index (χ1v) is 6.45. The van der Waals surface area contributed by atoms with Gasteiger partial charge >= 0.3 is 6.18 Å². The number of nitro groups is 1. The van der Waals surface area contributed by atoms with Gasteiger partial charge in [-0.25, -0.2) is 0 Å². The Morgan fingerprint density at radius 3 is 2.30 bits per heavy atom. The van der Waals surface area contributed by atoms with E-state index < -0.39 is 23.1 Å². The van der Waals surface area contributed by atoms with E-state index in [1.165, 1.54) is 24.3 Å². The molecule has 1 aromatic rings. The van der Waals surface area contributed by atoms with Crippen molar-refractivity contribution in [1.82, 2.24) is 0 Å². The molecule has 1 aromatic carbocycles. The van der Waals surface area contributed by atoms with Crippen molar-refractivity contribution in [2.24, 2.45) is 5.92 Å². The number of hydrogen-bond donors (Lipinski definition) is 1. The largest absolute Gasteiger partial charge is 0.393 e. The SMILES string of the molecule is O=[N+]([O-])c1ccc(NC2CCCCC2C(F)(F)F)cc1. The fourth-order valence-corrected chi connectivity index (χ4v) is 2.59. The van der Waals surface area contributed by atoms with Crippen molar-refractivity contribution in [3.05, 3.63) is 34.4 Å². The van der Waals surface area contributed by atoms with Gasteiger partial charge in [-0.15, -0.1) is 0 Å². The highest BCUT2D eigenvalue weighted by Gasteiger charge is 2.45. The topological polar surface area (TPSA) is 55.2 Å². The van der Waals surface area contributed by atoms with Crippen molar-refractivity contribution in [2.45, 2.75) is 37.9 Å². The van der Waals surface area contributed by atoms with Gasteiger partial charge < -0.3 is 5.32 Å². The number of alkyl halides is 3. The van der Waals surface area contributed by atoms with Crippen LogP contribution >= 0.6 is 0 Å². The molecule has 7 heteroatoms. The molecule has 2 atom stereocenters. The fourth-order valence-electron chi connectivity index (χ4n) is 2.59. The second-order valence-electron chi connectivity index (χ2n) is 4.99. The highest BCUT2D eigenvalue weighted by molar-refractivity contribution is 5.49. The molecule has 1 fully saturated rings. The minimum atomic E-state index is -4.21. The van der Waals surface area contributed by atoms with E-state index in [4.69, 9.17) is 0 Å². The molecule has 0 aliphatic heterocycles. The lowest BCUT2D eigenvalue weighted by Gasteiger charge is -2.34. The maximum absolute atomic E-state index is 12.9. The van der Waals surface area contributed by atoms with Gasteiger partial charge in [0.05, 0.1) is 10.8 Å². The summed E-state index contributed by atoms with van der Waals surface area (Å²) in [6, 6.07) is 4.80. The van der Waals surface area contributed by atoms with Crippen molar-refractivity contribution < 1.29 is 18.1 Å². The highest BCUT2D eigenvalue weighted by Crippen LogP contribution is 2.39. The fraction of sp³-hybridized carbons (Fsp3) is 0.538. The van der Waals surface area contributed by atoms with Gasteiger partial charge in [0.15, 0.2) is 0 Å². The molecule has 2 unspecified atom stereocenters. The van der Waals surface area contributed by atoms with Crippen LogP contribution in [0.2, 0.25) is 0 Å². The minimum Gasteiger partial charge on any atom is -0.382 e. The molecule has 1 aliphatic carbocycles. The number of nitrogens with zero attached hydrogens (tertiary/aromatic N) is 1. The van der Waals surface area contributed by atoms with Crippen LogP contribution in [0.3, 0.4) is 0 Å². The first-order chi connectivity index (χ1) is 9.38. The molecule has 0 amide bonds. The normalized spacial score (nSPS) is 23.4. The molecule has 0 bridgehead atoms. The van der Waals surface area contributed by atoms with Crippen LogP contribution in [-0.2, 0) is 0 Å². The summed E-state index contributed by atoms with van der Waals surface area (Å²) in [4.78, 5) is 9.98. The summed E-state index contributed by atoms with van der Waals surface area (Å²) in [7, 11) is 0. The van der Waals surface area contributed by atoms with E-state index in [-0.39, 0.29) is 12.1 Å². The second kappa shape index (κ2) is 5.68. The average Bonchev–Trinajstić information content (AvgIpc) is 2.38. The van der Waals surface area contributed by atoms with E-state index in [0.29, 0.717) is 18.5 Å². The van der Waals surface area contributed by atoms with E-state index >= 15 is 0 Å². The first kappa shape index (κ1) is 14.6. The van der Waals surface area contributed by atoms with Gasteiger partial charge in [0, 0.05) is 23.9 Å². The van der Waals surface area contributed by atoms with Crippen LogP contribution in [0.25, 0.3) is 0 Å². The molecule has 0 heterocycles. The van der Waals surface area contributed by atoms with Crippen LogP contribution < -0.4 is 5.32 Å². The smallest absolute Gasteiger partial charge is 0.382 e. The van der Waals surface area contributed by atoms with Crippen LogP contribution in [0.1, 0.15) is 25.7 Å². The number of nitrogens with one attached hydrogen (secondary N) is 1. The Hall–Kier alpha value is -1.79. The van der Waals surface area contributed by atoms with Gasteiger partial charge in [0.1, 0.15) is 0 Å². The lowest BCUT2D eigenvalue weighted by atomic mass is 9.84. The first-order valence-electron chi connectivity index (χ1n) is 6.45. The molecule has 1 saturated carbocycles. The van der Waals surface area contributed by atoms with Crippen LogP contribution in [-0.4, -0.2) is 17.1 Å². The summed E-state index contributed by atoms with van der Waals surface area (Å²) in [5.74, 6) is -1.36. The molecule has 110 valence electrons. The number of benzene rings is 1. The van der Waals surface area contributed by atoms with Gasteiger partial charge in [-0.3, -0.25) is 10.1 Å². The van der Waals surface area contributed by atoms with E-state index in [2.05, 4.69) is 5.32 Å². The summed E-state index contributed by atoms with van der Waals surface area (Å²) in [5, 5.41) is 13.4. The molecule has 0 aromatic heterocycles. The molecule has 1 aliphatic rings. The Morgan fingerprint density at radius 2 is 1.75 bits per heavy atom. The zero-order valence-corrected chi connectivity index (χ0v) is 10.7. The maximum Gasteiger partial charge on any atom is 0.393 e. The Labute approximate surface area is 114 Å². The molecule has 0 spiro atoms. The van der Waals surface area contributed by atoms with Crippen LogP contribution in [0.15, 0.2) is 24.3 Å². The van der Waals surface area contributed by atoms with Crippen molar-refractivity contribution in [3.8, 4) is 0 Å². The Balaban J connectivity index is 2.08. The molecule has 0 radical (unpaired) electrons. The van der Waals surface area contributed by atoms with Crippen molar-refractivity contribution in [1.29, 1.82) is 0 Å². The van der Waals surface area contributed by atoms with Crippen molar-refractivity contribution >= 4 is 11.4 Å². The third-order valence-corrected chi connectivity index (χ3v) is 3.62. The van der Waals surface area contributed by atoms with E-state index in [1.54, 1.807) is 0 Å². The lowest BCUT2D eigenvalue weighted by Crippen LogP contribution is -2.41. The van der Waals surface area contributed by atoms with Crippen molar-refractivity contribution in [2.75, 3.05) is 5.32 Å². The predicted molar refractivity (Wildman–Crippen MR) is 68.5 cm³/mol. The molecule has 20 heavy (non-hydrogen) atoms. The van der Waals surface area contributed by atoms with Gasteiger partial charge in [-0.05, 0) is 25.0 Å². The maximum atomic E-state index is 12.9. The van der Waals surface area contributed by atoms with Crippen LogP contribution in [0.4, 0.5) is 24.5 Å². The third-order valence-electron chi connectivity index (χ3n) is 3.62. The monoisotopic (exact) mass is 288 g/mol. The summed E-state index contributed by atoms with van der Waals surface area (Å²) in [5.41, 5.74) is 0.406. The second-order valence-corrected chi connectivity index (χ2v) is 4.99. The van der Waals surface area contributed by atoms with E-state index in [1.807, 2.05) is 0 Å². The number of halogens is 3. The van der Waals surface area contributed by atoms with Gasteiger partial charge in [-0.2, -0.15) is 13.2 Å². The Morgan fingerprint density at radius 1 is 1.15 bits per heavy atom. The van der Waals surface area contributed by atoms with Gasteiger partial charge in [-0.1, -0.05) is 12.8 Å². The molecule has 2 rings (SSSR count). The van der Waals surface area contributed by atoms with Crippen LogP contribution in [0.5, 0.6) is 0 Å². The Kier molecular flexibility index (Phi) is 4.15. The van der Waals surface area contributed by atoms with E-state index in [9.17, 15) is 23.3 Å². The zero-order valence-electron chi connectivity index (χ0n) is 10.7. The predicted octanol–water partition coefficient (Wildman–Crippen LogP) is 4.13. The molecule has 4 nitrogen and oxygen atoms in total. The molecular weight excluding hydrogens is 273 g/mol. The zero-order chi connectivity index (χ0) is 14.8. The average molecular weight is 288 g/mol. The number of non-ortho nitro benzene ring substituents is 1. The standard InChI is InChI=1S/C13H15F3N2O2/c14-13(15,16)11-3-1-2-4-12(11)17-9-5-7-10(8-6-9)18(19)20/h5-8,11-12,17H,1-4H2. The van der Waals surface area contributed by atoms with E-state index in [0.717, 1.165) is 6.42 Å². The van der Waals surface area contributed by atoms with Gasteiger partial charge in [0.2, 0.25) is 0 Å². The van der Waals surface area contributed by atoms with Crippen molar-refractivity contribution in [3.63, 3.8) is 0 Å².